The molecule has 0 radical (unpaired) electrons. The zero-order chi connectivity index (χ0) is 24.4. The molecule has 8 heteroatoms. The topological polar surface area (TPSA) is 102 Å². The monoisotopic (exact) mass is 451 g/mol. The summed E-state index contributed by atoms with van der Waals surface area (Å²) in [6, 6.07) is 12.3. The van der Waals surface area contributed by atoms with Crippen LogP contribution in [0.2, 0.25) is 0 Å². The Bertz CT molecular complexity index is 1060. The molecular weight excluding hydrogens is 422 g/mol. The van der Waals surface area contributed by atoms with E-state index < -0.39 is 24.5 Å². The molecule has 0 saturated carbocycles. The Morgan fingerprint density at radius 3 is 2.42 bits per heavy atom. The second kappa shape index (κ2) is 12.2. The standard InChI is InChI=1S/C25H29N3O5/c1-5-12-27-18(3)13-20(19(27)4)14-21(15-26)25(31)33-17-23(29)28(16-24(30)32-6-2)22-10-8-7-9-11-22/h7-11,13-14H,5-6,12,16-17H2,1-4H3/b21-14+. The van der Waals surface area contributed by atoms with E-state index in [1.807, 2.05) is 26.0 Å². The lowest BCUT2D eigenvalue weighted by atomic mass is 10.1. The number of carbonyl (C=O) groups is 3. The van der Waals surface area contributed by atoms with E-state index in [1.54, 1.807) is 37.3 Å². The number of hydrogen-bond acceptors (Lipinski definition) is 6. The largest absolute Gasteiger partial charge is 0.465 e. The molecule has 0 aliphatic carbocycles. The third kappa shape index (κ3) is 6.81. The van der Waals surface area contributed by atoms with Crippen molar-refractivity contribution in [3.63, 3.8) is 0 Å². The summed E-state index contributed by atoms with van der Waals surface area (Å²) >= 11 is 0. The summed E-state index contributed by atoms with van der Waals surface area (Å²) in [6.45, 7) is 7.70. The van der Waals surface area contributed by atoms with Crippen molar-refractivity contribution in [2.24, 2.45) is 0 Å². The number of nitrogens with zero attached hydrogens (tertiary/aromatic N) is 3. The number of carbonyl (C=O) groups excluding carboxylic acids is 3. The molecular formula is C25H29N3O5. The molecule has 0 spiro atoms. The molecule has 2 rings (SSSR count). The summed E-state index contributed by atoms with van der Waals surface area (Å²) in [5.41, 5.74) is 2.96. The van der Waals surface area contributed by atoms with E-state index in [0.717, 1.165) is 29.9 Å². The second-order valence-electron chi connectivity index (χ2n) is 7.34. The lowest BCUT2D eigenvalue weighted by Crippen LogP contribution is -2.39. The predicted molar refractivity (Wildman–Crippen MR) is 124 cm³/mol. The Balaban J connectivity index is 2.15. The maximum atomic E-state index is 12.8. The number of anilines is 1. The number of esters is 2. The molecule has 0 aliphatic heterocycles. The van der Waals surface area contributed by atoms with Gasteiger partial charge in [-0.15, -0.1) is 0 Å². The summed E-state index contributed by atoms with van der Waals surface area (Å²) < 4.78 is 12.2. The molecule has 0 unspecified atom stereocenters. The zero-order valence-corrected chi connectivity index (χ0v) is 19.5. The molecule has 174 valence electrons. The van der Waals surface area contributed by atoms with E-state index >= 15 is 0 Å². The van der Waals surface area contributed by atoms with Gasteiger partial charge in [0.2, 0.25) is 0 Å². The summed E-state index contributed by atoms with van der Waals surface area (Å²) in [7, 11) is 0. The first-order valence-corrected chi connectivity index (χ1v) is 10.8. The van der Waals surface area contributed by atoms with Crippen LogP contribution in [0.25, 0.3) is 6.08 Å². The van der Waals surface area contributed by atoms with E-state index in [4.69, 9.17) is 9.47 Å². The molecule has 2 aromatic rings. The van der Waals surface area contributed by atoms with Crippen molar-refractivity contribution >= 4 is 29.6 Å². The highest BCUT2D eigenvalue weighted by atomic mass is 16.5. The first-order valence-electron chi connectivity index (χ1n) is 10.8. The van der Waals surface area contributed by atoms with Gasteiger partial charge in [0.1, 0.15) is 18.2 Å². The number of ether oxygens (including phenoxy) is 2. The average Bonchev–Trinajstić information content (AvgIpc) is 3.07. The van der Waals surface area contributed by atoms with Gasteiger partial charge in [-0.3, -0.25) is 14.5 Å². The summed E-state index contributed by atoms with van der Waals surface area (Å²) in [5, 5.41) is 9.48. The molecule has 0 N–H and O–H groups in total. The minimum Gasteiger partial charge on any atom is -0.465 e. The van der Waals surface area contributed by atoms with Crippen molar-refractivity contribution in [2.45, 2.75) is 40.7 Å². The van der Waals surface area contributed by atoms with Gasteiger partial charge < -0.3 is 14.0 Å². The van der Waals surface area contributed by atoms with Crippen LogP contribution in [0.3, 0.4) is 0 Å². The molecule has 0 fully saturated rings. The molecule has 0 saturated heterocycles. The first kappa shape index (κ1) is 25.4. The lowest BCUT2D eigenvalue weighted by Gasteiger charge is -2.21. The van der Waals surface area contributed by atoms with Crippen LogP contribution in [0.15, 0.2) is 42.0 Å². The number of nitriles is 1. The summed E-state index contributed by atoms with van der Waals surface area (Å²) in [5.74, 6) is -2.10. The maximum absolute atomic E-state index is 12.8. The quantitative estimate of drug-likeness (QED) is 0.311. The molecule has 0 atom stereocenters. The number of amides is 1. The van der Waals surface area contributed by atoms with E-state index in [-0.39, 0.29) is 18.7 Å². The van der Waals surface area contributed by atoms with Gasteiger partial charge in [0.25, 0.3) is 5.91 Å². The Morgan fingerprint density at radius 2 is 1.82 bits per heavy atom. The van der Waals surface area contributed by atoms with Gasteiger partial charge in [0.15, 0.2) is 6.61 Å². The molecule has 8 nitrogen and oxygen atoms in total. The normalized spacial score (nSPS) is 10.9. The smallest absolute Gasteiger partial charge is 0.349 e. The van der Waals surface area contributed by atoms with Crippen molar-refractivity contribution in [1.29, 1.82) is 5.26 Å². The predicted octanol–water partition coefficient (Wildman–Crippen LogP) is 3.56. The van der Waals surface area contributed by atoms with E-state index in [9.17, 15) is 19.6 Å². The summed E-state index contributed by atoms with van der Waals surface area (Å²) in [6.07, 6.45) is 2.42. The number of aryl methyl sites for hydroxylation is 1. The fourth-order valence-corrected chi connectivity index (χ4v) is 3.38. The number of para-hydroxylation sites is 1. The molecule has 1 amide bonds. The van der Waals surface area contributed by atoms with Crippen molar-refractivity contribution in [2.75, 3.05) is 24.7 Å². The fourth-order valence-electron chi connectivity index (χ4n) is 3.38. The van der Waals surface area contributed by atoms with Crippen LogP contribution in [0.1, 0.15) is 37.2 Å². The van der Waals surface area contributed by atoms with Gasteiger partial charge in [0.05, 0.1) is 6.61 Å². The molecule has 1 aromatic carbocycles. The van der Waals surface area contributed by atoms with E-state index in [0.29, 0.717) is 5.69 Å². The first-order chi connectivity index (χ1) is 15.8. The number of hydrogen-bond donors (Lipinski definition) is 0. The SMILES string of the molecule is CCCn1c(C)cc(/C=C(\C#N)C(=O)OCC(=O)N(CC(=O)OCC)c2ccccc2)c1C. The molecule has 1 aromatic heterocycles. The van der Waals surface area contributed by atoms with Gasteiger partial charge in [-0.25, -0.2) is 4.79 Å². The highest BCUT2D eigenvalue weighted by Crippen LogP contribution is 2.19. The molecule has 1 heterocycles. The summed E-state index contributed by atoms with van der Waals surface area (Å²) in [4.78, 5) is 38.4. The van der Waals surface area contributed by atoms with Crippen LogP contribution in [0.5, 0.6) is 0 Å². The average molecular weight is 452 g/mol. The molecule has 33 heavy (non-hydrogen) atoms. The third-order valence-electron chi connectivity index (χ3n) is 4.99. The Hall–Kier alpha value is -3.86. The third-order valence-corrected chi connectivity index (χ3v) is 4.99. The highest BCUT2D eigenvalue weighted by Gasteiger charge is 2.22. The van der Waals surface area contributed by atoms with Crippen molar-refractivity contribution in [3.8, 4) is 6.07 Å². The number of rotatable bonds is 10. The number of aromatic nitrogens is 1. The van der Waals surface area contributed by atoms with Crippen LogP contribution in [-0.2, 0) is 30.4 Å². The van der Waals surface area contributed by atoms with Crippen LogP contribution in [0, 0.1) is 25.2 Å². The molecule has 0 bridgehead atoms. The van der Waals surface area contributed by atoms with Gasteiger partial charge in [-0.05, 0) is 57.0 Å². The number of benzene rings is 1. The minimum absolute atomic E-state index is 0.180. The van der Waals surface area contributed by atoms with E-state index in [2.05, 4.69) is 11.5 Å². The van der Waals surface area contributed by atoms with Crippen molar-refractivity contribution in [1.82, 2.24) is 4.57 Å². The maximum Gasteiger partial charge on any atom is 0.349 e. The van der Waals surface area contributed by atoms with Gasteiger partial charge >= 0.3 is 11.9 Å². The Labute approximate surface area is 194 Å². The zero-order valence-electron chi connectivity index (χ0n) is 19.5. The lowest BCUT2D eigenvalue weighted by molar-refractivity contribution is -0.145. The minimum atomic E-state index is -0.907. The van der Waals surface area contributed by atoms with Crippen LogP contribution >= 0.6 is 0 Å². The fraction of sp³-hybridized carbons (Fsp3) is 0.360. The van der Waals surface area contributed by atoms with Crippen LogP contribution in [0.4, 0.5) is 5.69 Å². The Kier molecular flexibility index (Phi) is 9.43. The Morgan fingerprint density at radius 1 is 1.12 bits per heavy atom. The van der Waals surface area contributed by atoms with Crippen molar-refractivity contribution in [3.05, 3.63) is 58.9 Å². The van der Waals surface area contributed by atoms with E-state index in [1.165, 1.54) is 11.0 Å². The second-order valence-corrected chi connectivity index (χ2v) is 7.34. The molecule has 0 aliphatic rings. The van der Waals surface area contributed by atoms with Gasteiger partial charge in [-0.1, -0.05) is 25.1 Å². The van der Waals surface area contributed by atoms with Gasteiger partial charge in [-0.2, -0.15) is 5.26 Å². The van der Waals surface area contributed by atoms with Crippen molar-refractivity contribution < 1.29 is 23.9 Å². The highest BCUT2D eigenvalue weighted by molar-refractivity contribution is 6.02. The van der Waals surface area contributed by atoms with Gasteiger partial charge in [0, 0.05) is 23.6 Å². The van der Waals surface area contributed by atoms with Crippen LogP contribution < -0.4 is 4.90 Å². The van der Waals surface area contributed by atoms with Crippen LogP contribution in [-0.4, -0.2) is 42.2 Å².